The van der Waals surface area contributed by atoms with E-state index in [1.54, 1.807) is 0 Å². The van der Waals surface area contributed by atoms with Crippen molar-refractivity contribution in [1.29, 1.82) is 0 Å². The van der Waals surface area contributed by atoms with Gasteiger partial charge in [-0.1, -0.05) is 20.8 Å². The van der Waals surface area contributed by atoms with Gasteiger partial charge in [0.05, 0.1) is 0 Å². The van der Waals surface area contributed by atoms with Gasteiger partial charge in [0.25, 0.3) is 0 Å². The summed E-state index contributed by atoms with van der Waals surface area (Å²) in [7, 11) is 0. The van der Waals surface area contributed by atoms with Crippen molar-refractivity contribution >= 4 is 28.5 Å². The monoisotopic (exact) mass is 345 g/mol. The predicted molar refractivity (Wildman–Crippen MR) is 79.1 cm³/mol. The van der Waals surface area contributed by atoms with Crippen molar-refractivity contribution < 1.29 is 0 Å². The molecule has 0 N–H and O–H groups in total. The van der Waals surface area contributed by atoms with Gasteiger partial charge in [0.2, 0.25) is 5.95 Å². The van der Waals surface area contributed by atoms with E-state index in [0.29, 0.717) is 5.41 Å². The minimum Gasteiger partial charge on any atom is -0.341 e. The molecule has 1 aliphatic rings. The van der Waals surface area contributed by atoms with Gasteiger partial charge in [-0.15, -0.1) is 0 Å². The van der Waals surface area contributed by atoms with Crippen LogP contribution in [0.2, 0.25) is 0 Å². The van der Waals surface area contributed by atoms with E-state index in [0.717, 1.165) is 28.5 Å². The lowest BCUT2D eigenvalue weighted by Gasteiger charge is -2.38. The van der Waals surface area contributed by atoms with Gasteiger partial charge in [0.15, 0.2) is 0 Å². The van der Waals surface area contributed by atoms with E-state index >= 15 is 0 Å². The predicted octanol–water partition coefficient (Wildman–Crippen LogP) is 3.34. The Morgan fingerprint density at radius 2 is 1.71 bits per heavy atom. The van der Waals surface area contributed by atoms with E-state index in [1.807, 2.05) is 12.4 Å². The molecule has 2 heterocycles. The molecule has 0 atom stereocenters. The second-order valence-corrected chi connectivity index (χ2v) is 7.07. The topological polar surface area (TPSA) is 29.0 Å². The Balaban J connectivity index is 1.97. The van der Waals surface area contributed by atoms with Gasteiger partial charge in [-0.05, 0) is 46.8 Å². The lowest BCUT2D eigenvalue weighted by Crippen LogP contribution is -2.38. The van der Waals surface area contributed by atoms with Gasteiger partial charge in [0, 0.05) is 29.1 Å². The van der Waals surface area contributed by atoms with Crippen LogP contribution in [0.15, 0.2) is 12.4 Å². The maximum Gasteiger partial charge on any atom is 0.225 e. The highest BCUT2D eigenvalue weighted by molar-refractivity contribution is 14.1. The zero-order valence-corrected chi connectivity index (χ0v) is 12.9. The van der Waals surface area contributed by atoms with Crippen molar-refractivity contribution in [1.82, 2.24) is 9.97 Å². The van der Waals surface area contributed by atoms with E-state index in [4.69, 9.17) is 0 Å². The Hall–Kier alpha value is -0.390. The average molecular weight is 345 g/mol. The quantitative estimate of drug-likeness (QED) is 0.731. The molecule has 0 saturated carbocycles. The molecule has 1 fully saturated rings. The van der Waals surface area contributed by atoms with E-state index in [2.05, 4.69) is 58.2 Å². The highest BCUT2D eigenvalue weighted by Gasteiger charge is 2.29. The smallest absolute Gasteiger partial charge is 0.225 e. The highest BCUT2D eigenvalue weighted by atomic mass is 127. The third-order valence-electron chi connectivity index (χ3n) is 3.61. The van der Waals surface area contributed by atoms with Gasteiger partial charge < -0.3 is 4.90 Å². The molecule has 0 bridgehead atoms. The van der Waals surface area contributed by atoms with Crippen molar-refractivity contribution in [2.45, 2.75) is 33.6 Å². The summed E-state index contributed by atoms with van der Waals surface area (Å²) in [5.74, 6) is 1.71. The fraction of sp³-hybridized carbons (Fsp3) is 0.692. The second-order valence-electron chi connectivity index (χ2n) is 5.83. The van der Waals surface area contributed by atoms with E-state index in [1.165, 1.54) is 12.8 Å². The summed E-state index contributed by atoms with van der Waals surface area (Å²) < 4.78 is 1.09. The number of rotatable bonds is 1. The third kappa shape index (κ3) is 3.30. The van der Waals surface area contributed by atoms with Crippen LogP contribution in [0.5, 0.6) is 0 Å². The van der Waals surface area contributed by atoms with Crippen LogP contribution in [0.25, 0.3) is 0 Å². The molecule has 94 valence electrons. The largest absolute Gasteiger partial charge is 0.341 e. The molecule has 1 aliphatic heterocycles. The standard InChI is InChI=1S/C13H20IN3/c1-13(2,3)10-4-6-17(7-5-10)12-15-8-11(14)9-16-12/h8-10H,4-7H2,1-3H3. The number of hydrogen-bond acceptors (Lipinski definition) is 3. The molecular formula is C13H20IN3. The molecule has 17 heavy (non-hydrogen) atoms. The average Bonchev–Trinajstić information content (AvgIpc) is 2.29. The van der Waals surface area contributed by atoms with Crippen LogP contribution in [0, 0.1) is 14.9 Å². The molecule has 0 aromatic carbocycles. The first kappa shape index (κ1) is 13.1. The SMILES string of the molecule is CC(C)(C)C1CCN(c2ncc(I)cn2)CC1. The Bertz CT molecular complexity index is 361. The van der Waals surface area contributed by atoms with Crippen LogP contribution in [0.1, 0.15) is 33.6 Å². The fourth-order valence-electron chi connectivity index (χ4n) is 2.41. The Kier molecular flexibility index (Phi) is 3.90. The number of piperidine rings is 1. The van der Waals surface area contributed by atoms with Crippen molar-refractivity contribution in [2.75, 3.05) is 18.0 Å². The molecule has 4 heteroatoms. The molecular weight excluding hydrogens is 325 g/mol. The van der Waals surface area contributed by atoms with E-state index in [-0.39, 0.29) is 0 Å². The summed E-state index contributed by atoms with van der Waals surface area (Å²) in [6.07, 6.45) is 6.27. The summed E-state index contributed by atoms with van der Waals surface area (Å²) in [6.45, 7) is 9.20. The van der Waals surface area contributed by atoms with Crippen molar-refractivity contribution in [3.63, 3.8) is 0 Å². The second kappa shape index (κ2) is 5.08. The highest BCUT2D eigenvalue weighted by Crippen LogP contribution is 2.34. The summed E-state index contributed by atoms with van der Waals surface area (Å²) in [6, 6.07) is 0. The maximum absolute atomic E-state index is 4.40. The van der Waals surface area contributed by atoms with Crippen LogP contribution in [0.4, 0.5) is 5.95 Å². The van der Waals surface area contributed by atoms with Crippen LogP contribution in [-0.4, -0.2) is 23.1 Å². The first-order valence-corrected chi connectivity index (χ1v) is 7.27. The van der Waals surface area contributed by atoms with E-state index < -0.39 is 0 Å². The Morgan fingerprint density at radius 1 is 1.18 bits per heavy atom. The Labute approximate surface area is 117 Å². The first-order valence-electron chi connectivity index (χ1n) is 6.19. The van der Waals surface area contributed by atoms with Crippen LogP contribution in [0.3, 0.4) is 0 Å². The van der Waals surface area contributed by atoms with Crippen LogP contribution >= 0.6 is 22.6 Å². The molecule has 3 nitrogen and oxygen atoms in total. The van der Waals surface area contributed by atoms with Crippen LogP contribution < -0.4 is 4.90 Å². The summed E-state index contributed by atoms with van der Waals surface area (Å²) >= 11 is 2.24. The number of nitrogens with zero attached hydrogens (tertiary/aromatic N) is 3. The van der Waals surface area contributed by atoms with Crippen molar-refractivity contribution in [3.05, 3.63) is 16.0 Å². The molecule has 1 saturated heterocycles. The zero-order chi connectivity index (χ0) is 12.5. The molecule has 0 spiro atoms. The first-order chi connectivity index (χ1) is 7.97. The van der Waals surface area contributed by atoms with Gasteiger partial charge >= 0.3 is 0 Å². The van der Waals surface area contributed by atoms with E-state index in [9.17, 15) is 0 Å². The van der Waals surface area contributed by atoms with Crippen molar-refractivity contribution in [3.8, 4) is 0 Å². The lowest BCUT2D eigenvalue weighted by molar-refractivity contribution is 0.198. The molecule has 0 unspecified atom stereocenters. The van der Waals surface area contributed by atoms with Gasteiger partial charge in [0.1, 0.15) is 0 Å². The molecule has 0 radical (unpaired) electrons. The summed E-state index contributed by atoms with van der Waals surface area (Å²) in [5, 5.41) is 0. The molecule has 2 rings (SSSR count). The minimum absolute atomic E-state index is 0.430. The van der Waals surface area contributed by atoms with Gasteiger partial charge in [-0.2, -0.15) is 0 Å². The Morgan fingerprint density at radius 3 is 2.18 bits per heavy atom. The van der Waals surface area contributed by atoms with Gasteiger partial charge in [-0.25, -0.2) is 9.97 Å². The lowest BCUT2D eigenvalue weighted by atomic mass is 9.75. The molecule has 1 aromatic rings. The van der Waals surface area contributed by atoms with Crippen molar-refractivity contribution in [2.24, 2.45) is 11.3 Å². The minimum atomic E-state index is 0.430. The fourth-order valence-corrected chi connectivity index (χ4v) is 2.69. The number of halogens is 1. The zero-order valence-electron chi connectivity index (χ0n) is 10.8. The summed E-state index contributed by atoms with van der Waals surface area (Å²) in [4.78, 5) is 11.1. The third-order valence-corrected chi connectivity index (χ3v) is 4.17. The number of hydrogen-bond donors (Lipinski definition) is 0. The molecule has 0 amide bonds. The normalized spacial score (nSPS) is 18.5. The van der Waals surface area contributed by atoms with Gasteiger partial charge in [-0.3, -0.25) is 0 Å². The summed E-state index contributed by atoms with van der Waals surface area (Å²) in [5.41, 5.74) is 0.430. The number of anilines is 1. The maximum atomic E-state index is 4.40. The number of aromatic nitrogens is 2. The molecule has 0 aliphatic carbocycles. The van der Waals surface area contributed by atoms with Crippen LogP contribution in [-0.2, 0) is 0 Å². The molecule has 1 aromatic heterocycles.